The van der Waals surface area contributed by atoms with Gasteiger partial charge in [0, 0.05) is 12.2 Å². The van der Waals surface area contributed by atoms with E-state index < -0.39 is 6.23 Å². The minimum atomic E-state index is -1.02. The molecular weight excluding hydrogens is 270 g/mol. The lowest BCUT2D eigenvalue weighted by molar-refractivity contribution is 0.0917. The fraction of sp³-hybridized carbons (Fsp3) is 0.250. The Labute approximate surface area is 123 Å². The van der Waals surface area contributed by atoms with Gasteiger partial charge in [-0.05, 0) is 42.3 Å². The van der Waals surface area contributed by atoms with Crippen LogP contribution < -0.4 is 4.90 Å². The van der Waals surface area contributed by atoms with Crippen LogP contribution in [0.25, 0.3) is 0 Å². The van der Waals surface area contributed by atoms with Gasteiger partial charge in [-0.15, -0.1) is 0 Å². The van der Waals surface area contributed by atoms with E-state index in [1.165, 1.54) is 18.2 Å². The standard InChI is InChI=1S/C16H19NO4/c18-11-16(21)17(13-4-2-1-3-5-13)9-8-12-10-14(19)6-7-15(12)20/h1-7,10,16,18-21H,8-9,11H2. The van der Waals surface area contributed by atoms with Gasteiger partial charge in [-0.2, -0.15) is 0 Å². The maximum atomic E-state index is 9.94. The zero-order valence-electron chi connectivity index (χ0n) is 11.6. The van der Waals surface area contributed by atoms with Crippen LogP contribution in [-0.4, -0.2) is 39.8 Å². The van der Waals surface area contributed by atoms with Gasteiger partial charge in [0.2, 0.25) is 0 Å². The van der Waals surface area contributed by atoms with Crippen LogP contribution >= 0.6 is 0 Å². The van der Waals surface area contributed by atoms with E-state index in [1.54, 1.807) is 4.90 Å². The molecule has 4 N–H and O–H groups in total. The normalized spacial score (nSPS) is 12.1. The molecule has 0 saturated heterocycles. The quantitative estimate of drug-likeness (QED) is 0.478. The molecule has 2 aromatic rings. The van der Waals surface area contributed by atoms with Crippen molar-refractivity contribution in [1.29, 1.82) is 0 Å². The van der Waals surface area contributed by atoms with Gasteiger partial charge in [0.15, 0.2) is 0 Å². The third-order valence-corrected chi connectivity index (χ3v) is 3.30. The lowest BCUT2D eigenvalue weighted by atomic mass is 10.1. The highest BCUT2D eigenvalue weighted by Crippen LogP contribution is 2.24. The molecule has 0 aliphatic rings. The molecule has 1 unspecified atom stereocenters. The summed E-state index contributed by atoms with van der Waals surface area (Å²) in [5.74, 6) is 0.177. The van der Waals surface area contributed by atoms with Crippen molar-refractivity contribution in [3.8, 4) is 11.5 Å². The first-order valence-electron chi connectivity index (χ1n) is 6.73. The van der Waals surface area contributed by atoms with Crippen LogP contribution in [0.5, 0.6) is 11.5 Å². The fourth-order valence-electron chi connectivity index (χ4n) is 2.18. The fourth-order valence-corrected chi connectivity index (χ4v) is 2.18. The summed E-state index contributed by atoms with van der Waals surface area (Å²) in [5, 5.41) is 38.4. The molecule has 0 fully saturated rings. The van der Waals surface area contributed by atoms with Gasteiger partial charge in [0.25, 0.3) is 0 Å². The van der Waals surface area contributed by atoms with Crippen LogP contribution in [0.15, 0.2) is 48.5 Å². The number of aromatic hydroxyl groups is 2. The monoisotopic (exact) mass is 289 g/mol. The highest BCUT2D eigenvalue weighted by Gasteiger charge is 2.16. The number of aliphatic hydroxyl groups is 2. The van der Waals surface area contributed by atoms with Gasteiger partial charge >= 0.3 is 0 Å². The van der Waals surface area contributed by atoms with Gasteiger partial charge < -0.3 is 25.3 Å². The molecule has 0 aliphatic heterocycles. The van der Waals surface area contributed by atoms with Gasteiger partial charge in [0.05, 0.1) is 6.61 Å². The van der Waals surface area contributed by atoms with E-state index in [2.05, 4.69) is 0 Å². The second kappa shape index (κ2) is 6.97. The summed E-state index contributed by atoms with van der Waals surface area (Å²) < 4.78 is 0. The number of phenolic OH excluding ortho intramolecular Hbond substituents is 2. The van der Waals surface area contributed by atoms with E-state index in [4.69, 9.17) is 0 Å². The highest BCUT2D eigenvalue weighted by molar-refractivity contribution is 5.47. The summed E-state index contributed by atoms with van der Waals surface area (Å²) in [5.41, 5.74) is 1.36. The SMILES string of the molecule is OCC(O)N(CCc1cc(O)ccc1O)c1ccccc1. The number of benzene rings is 2. The van der Waals surface area contributed by atoms with Crippen molar-refractivity contribution in [2.24, 2.45) is 0 Å². The topological polar surface area (TPSA) is 84.2 Å². The second-order valence-electron chi connectivity index (χ2n) is 4.76. The van der Waals surface area contributed by atoms with Crippen molar-refractivity contribution < 1.29 is 20.4 Å². The lowest BCUT2D eigenvalue weighted by Crippen LogP contribution is -2.39. The molecule has 1 atom stereocenters. The molecule has 5 nitrogen and oxygen atoms in total. The number of rotatable bonds is 6. The largest absolute Gasteiger partial charge is 0.508 e. The molecule has 0 radical (unpaired) electrons. The Morgan fingerprint density at radius 3 is 2.38 bits per heavy atom. The predicted molar refractivity (Wildman–Crippen MR) is 80.4 cm³/mol. The third-order valence-electron chi connectivity index (χ3n) is 3.30. The van der Waals surface area contributed by atoms with Gasteiger partial charge in [-0.3, -0.25) is 0 Å². The average Bonchev–Trinajstić information content (AvgIpc) is 2.51. The maximum absolute atomic E-state index is 9.94. The van der Waals surface area contributed by atoms with Gasteiger partial charge in [-0.25, -0.2) is 0 Å². The van der Waals surface area contributed by atoms with Gasteiger partial charge in [0.1, 0.15) is 17.7 Å². The first kappa shape index (κ1) is 15.2. The molecule has 0 spiro atoms. The van der Waals surface area contributed by atoms with E-state index >= 15 is 0 Å². The molecule has 112 valence electrons. The van der Waals surface area contributed by atoms with E-state index in [0.717, 1.165) is 5.69 Å². The van der Waals surface area contributed by atoms with Crippen molar-refractivity contribution in [3.63, 3.8) is 0 Å². The van der Waals surface area contributed by atoms with Crippen molar-refractivity contribution in [2.45, 2.75) is 12.6 Å². The van der Waals surface area contributed by atoms with Crippen LogP contribution in [0.3, 0.4) is 0 Å². The average molecular weight is 289 g/mol. The molecule has 2 aromatic carbocycles. The summed E-state index contributed by atoms with van der Waals surface area (Å²) in [6, 6.07) is 13.6. The molecule has 0 amide bonds. The molecule has 21 heavy (non-hydrogen) atoms. The minimum absolute atomic E-state index is 0.0803. The molecule has 5 heteroatoms. The molecule has 0 heterocycles. The Balaban J connectivity index is 2.14. The zero-order valence-corrected chi connectivity index (χ0v) is 11.6. The van der Waals surface area contributed by atoms with Crippen LogP contribution in [-0.2, 0) is 6.42 Å². The second-order valence-corrected chi connectivity index (χ2v) is 4.76. The molecule has 0 bridgehead atoms. The maximum Gasteiger partial charge on any atom is 0.150 e. The van der Waals surface area contributed by atoms with E-state index in [1.807, 2.05) is 30.3 Å². The third kappa shape index (κ3) is 3.87. The number of hydrogen-bond acceptors (Lipinski definition) is 5. The smallest absolute Gasteiger partial charge is 0.150 e. The Kier molecular flexibility index (Phi) is 5.03. The summed E-state index contributed by atoms with van der Waals surface area (Å²) in [6.45, 7) is 0.00364. The molecular formula is C16H19NO4. The molecule has 2 rings (SSSR count). The predicted octanol–water partition coefficient (Wildman–Crippen LogP) is 1.46. The van der Waals surface area contributed by atoms with E-state index in [-0.39, 0.29) is 18.1 Å². The summed E-state index contributed by atoms with van der Waals surface area (Å²) in [4.78, 5) is 1.64. The van der Waals surface area contributed by atoms with Crippen molar-refractivity contribution in [2.75, 3.05) is 18.1 Å². The van der Waals surface area contributed by atoms with Gasteiger partial charge in [-0.1, -0.05) is 18.2 Å². The Morgan fingerprint density at radius 1 is 1.00 bits per heavy atom. The van der Waals surface area contributed by atoms with Crippen molar-refractivity contribution >= 4 is 5.69 Å². The summed E-state index contributed by atoms with van der Waals surface area (Å²) >= 11 is 0. The molecule has 0 aliphatic carbocycles. The Bertz CT molecular complexity index is 574. The van der Waals surface area contributed by atoms with Crippen molar-refractivity contribution in [3.05, 3.63) is 54.1 Å². The Hall–Kier alpha value is -2.24. The Morgan fingerprint density at radius 2 is 1.71 bits per heavy atom. The van der Waals surface area contributed by atoms with E-state index in [0.29, 0.717) is 18.5 Å². The van der Waals surface area contributed by atoms with Crippen LogP contribution in [0, 0.1) is 0 Å². The number of anilines is 1. The number of para-hydroxylation sites is 1. The van der Waals surface area contributed by atoms with E-state index in [9.17, 15) is 20.4 Å². The minimum Gasteiger partial charge on any atom is -0.508 e. The van der Waals surface area contributed by atoms with Crippen LogP contribution in [0.2, 0.25) is 0 Å². The molecule has 0 saturated carbocycles. The summed E-state index contributed by atoms with van der Waals surface area (Å²) in [6.07, 6.45) is -0.599. The number of hydrogen-bond donors (Lipinski definition) is 4. The number of nitrogens with zero attached hydrogens (tertiary/aromatic N) is 1. The van der Waals surface area contributed by atoms with Crippen LogP contribution in [0.1, 0.15) is 5.56 Å². The van der Waals surface area contributed by atoms with Crippen molar-refractivity contribution in [1.82, 2.24) is 0 Å². The summed E-state index contributed by atoms with van der Waals surface area (Å²) in [7, 11) is 0. The van der Waals surface area contributed by atoms with Crippen LogP contribution in [0.4, 0.5) is 5.69 Å². The first-order chi connectivity index (χ1) is 10.1. The lowest BCUT2D eigenvalue weighted by Gasteiger charge is -2.29. The number of phenols is 2. The number of aliphatic hydroxyl groups excluding tert-OH is 2. The molecule has 0 aromatic heterocycles. The zero-order chi connectivity index (χ0) is 15.2. The first-order valence-corrected chi connectivity index (χ1v) is 6.73. The highest BCUT2D eigenvalue weighted by atomic mass is 16.3.